The summed E-state index contributed by atoms with van der Waals surface area (Å²) in [5.41, 5.74) is 0.592. The first-order chi connectivity index (χ1) is 9.58. The van der Waals surface area contributed by atoms with E-state index in [0.717, 1.165) is 32.6 Å². The molecule has 1 aromatic rings. The van der Waals surface area contributed by atoms with Crippen molar-refractivity contribution in [1.29, 1.82) is 0 Å². The number of nitrogens with zero attached hydrogens (tertiary/aromatic N) is 1. The van der Waals surface area contributed by atoms with Gasteiger partial charge in [-0.3, -0.25) is 0 Å². The molecule has 0 aromatic heterocycles. The molecule has 1 unspecified atom stereocenters. The summed E-state index contributed by atoms with van der Waals surface area (Å²) in [5, 5.41) is 2.76. The number of nitrogens with one attached hydrogen (secondary N) is 1. The summed E-state index contributed by atoms with van der Waals surface area (Å²) in [6, 6.07) is 4.06. The molecule has 4 nitrogen and oxygen atoms in total. The van der Waals surface area contributed by atoms with Gasteiger partial charge >= 0.3 is 6.03 Å². The van der Waals surface area contributed by atoms with Crippen molar-refractivity contribution in [2.24, 2.45) is 5.41 Å². The Hall–Kier alpha value is -1.14. The molecule has 1 N–H and O–H groups in total. The molecule has 1 spiro atoms. The standard InChI is InChI=1S/C14H16BrFN2O2/c15-11-2-1-10(16)7-12(11)17-13(19)18-5-3-14(8-18)4-6-20-9-14/h1-2,7H,3-6,8-9H2,(H,17,19). The summed E-state index contributed by atoms with van der Waals surface area (Å²) < 4.78 is 19.3. The molecule has 3 rings (SSSR count). The molecule has 0 radical (unpaired) electrons. The van der Waals surface area contributed by atoms with E-state index in [-0.39, 0.29) is 17.3 Å². The van der Waals surface area contributed by atoms with Gasteiger partial charge in [0, 0.05) is 29.6 Å². The molecule has 0 saturated carbocycles. The van der Waals surface area contributed by atoms with Crippen molar-refractivity contribution < 1.29 is 13.9 Å². The van der Waals surface area contributed by atoms with Crippen molar-refractivity contribution in [2.45, 2.75) is 12.8 Å². The van der Waals surface area contributed by atoms with E-state index in [1.54, 1.807) is 11.0 Å². The van der Waals surface area contributed by atoms with E-state index in [9.17, 15) is 9.18 Å². The fourth-order valence-electron chi connectivity index (χ4n) is 2.87. The SMILES string of the molecule is O=C(Nc1cc(F)ccc1Br)N1CCC2(CCOC2)C1. The van der Waals surface area contributed by atoms with Gasteiger partial charge < -0.3 is 15.0 Å². The minimum atomic E-state index is -0.370. The minimum Gasteiger partial charge on any atom is -0.381 e. The van der Waals surface area contributed by atoms with Gasteiger partial charge in [0.15, 0.2) is 0 Å². The number of hydrogen-bond donors (Lipinski definition) is 1. The summed E-state index contributed by atoms with van der Waals surface area (Å²) in [4.78, 5) is 14.0. The Morgan fingerprint density at radius 3 is 3.05 bits per heavy atom. The smallest absolute Gasteiger partial charge is 0.321 e. The second kappa shape index (κ2) is 5.33. The first kappa shape index (κ1) is 13.8. The van der Waals surface area contributed by atoms with Gasteiger partial charge in [-0.2, -0.15) is 0 Å². The number of likely N-dealkylation sites (tertiary alicyclic amines) is 1. The number of benzene rings is 1. The first-order valence-corrected chi connectivity index (χ1v) is 7.46. The van der Waals surface area contributed by atoms with Crippen LogP contribution in [0.25, 0.3) is 0 Å². The Morgan fingerprint density at radius 1 is 1.45 bits per heavy atom. The van der Waals surface area contributed by atoms with Crippen molar-refractivity contribution in [3.8, 4) is 0 Å². The second-order valence-electron chi connectivity index (χ2n) is 5.53. The van der Waals surface area contributed by atoms with Crippen LogP contribution in [0.1, 0.15) is 12.8 Å². The van der Waals surface area contributed by atoms with Crippen LogP contribution in [0.2, 0.25) is 0 Å². The lowest BCUT2D eigenvalue weighted by molar-refractivity contribution is 0.154. The Bertz CT molecular complexity index is 532. The predicted octanol–water partition coefficient (Wildman–Crippen LogP) is 3.23. The van der Waals surface area contributed by atoms with Gasteiger partial charge in [0.05, 0.1) is 12.3 Å². The predicted molar refractivity (Wildman–Crippen MR) is 77.2 cm³/mol. The normalized spacial score (nSPS) is 25.4. The van der Waals surface area contributed by atoms with Gasteiger partial charge in [-0.25, -0.2) is 9.18 Å². The van der Waals surface area contributed by atoms with Crippen LogP contribution in [0.5, 0.6) is 0 Å². The van der Waals surface area contributed by atoms with Crippen LogP contribution in [-0.4, -0.2) is 37.2 Å². The molecule has 2 aliphatic rings. The molecule has 0 bridgehead atoms. The number of amides is 2. The molecule has 2 amide bonds. The Morgan fingerprint density at radius 2 is 2.30 bits per heavy atom. The minimum absolute atomic E-state index is 0.135. The van der Waals surface area contributed by atoms with Crippen LogP contribution in [0, 0.1) is 11.2 Å². The Balaban J connectivity index is 1.66. The zero-order chi connectivity index (χ0) is 14.2. The molecule has 108 valence electrons. The van der Waals surface area contributed by atoms with Crippen molar-refractivity contribution in [1.82, 2.24) is 4.90 Å². The summed E-state index contributed by atoms with van der Waals surface area (Å²) in [7, 11) is 0. The van der Waals surface area contributed by atoms with E-state index in [1.165, 1.54) is 12.1 Å². The van der Waals surface area contributed by atoms with Gasteiger partial charge in [-0.05, 0) is 47.0 Å². The quantitative estimate of drug-likeness (QED) is 0.851. The van der Waals surface area contributed by atoms with Crippen LogP contribution in [0.3, 0.4) is 0 Å². The van der Waals surface area contributed by atoms with Gasteiger partial charge in [-0.1, -0.05) is 0 Å². The maximum absolute atomic E-state index is 13.2. The first-order valence-electron chi connectivity index (χ1n) is 6.67. The number of urea groups is 1. The fourth-order valence-corrected chi connectivity index (χ4v) is 3.21. The number of hydrogen-bond acceptors (Lipinski definition) is 2. The average Bonchev–Trinajstić information content (AvgIpc) is 3.05. The fraction of sp³-hybridized carbons (Fsp3) is 0.500. The zero-order valence-corrected chi connectivity index (χ0v) is 12.6. The zero-order valence-electron chi connectivity index (χ0n) is 11.0. The molecule has 2 aliphatic heterocycles. The van der Waals surface area contributed by atoms with Crippen LogP contribution in [0.4, 0.5) is 14.9 Å². The third-order valence-corrected chi connectivity index (χ3v) is 4.77. The maximum atomic E-state index is 13.2. The Kier molecular flexibility index (Phi) is 3.69. The lowest BCUT2D eigenvalue weighted by Gasteiger charge is -2.22. The molecule has 2 saturated heterocycles. The molecule has 2 heterocycles. The third kappa shape index (κ3) is 2.67. The Labute approximate surface area is 125 Å². The van der Waals surface area contributed by atoms with Gasteiger partial charge in [0.1, 0.15) is 5.82 Å². The number of carbonyl (C=O) groups excluding carboxylic acids is 1. The molecule has 6 heteroatoms. The van der Waals surface area contributed by atoms with Gasteiger partial charge in [0.2, 0.25) is 0 Å². The number of rotatable bonds is 1. The highest BCUT2D eigenvalue weighted by molar-refractivity contribution is 9.10. The van der Waals surface area contributed by atoms with Gasteiger partial charge in [-0.15, -0.1) is 0 Å². The molecule has 1 aromatic carbocycles. The van der Waals surface area contributed by atoms with Crippen molar-refractivity contribution >= 4 is 27.6 Å². The topological polar surface area (TPSA) is 41.6 Å². The summed E-state index contributed by atoms with van der Waals surface area (Å²) in [6.07, 6.45) is 1.99. The molecular weight excluding hydrogens is 327 g/mol. The maximum Gasteiger partial charge on any atom is 0.321 e. The van der Waals surface area contributed by atoms with E-state index in [1.807, 2.05) is 0 Å². The molecule has 1 atom stereocenters. The van der Waals surface area contributed by atoms with Crippen LogP contribution < -0.4 is 5.32 Å². The van der Waals surface area contributed by atoms with Crippen molar-refractivity contribution in [2.75, 3.05) is 31.6 Å². The molecule has 20 heavy (non-hydrogen) atoms. The van der Waals surface area contributed by atoms with Crippen molar-refractivity contribution in [3.63, 3.8) is 0 Å². The molecular formula is C14H16BrFN2O2. The summed E-state index contributed by atoms with van der Waals surface area (Å²) >= 11 is 3.31. The van der Waals surface area contributed by atoms with Crippen LogP contribution in [-0.2, 0) is 4.74 Å². The molecule has 0 aliphatic carbocycles. The van der Waals surface area contributed by atoms with E-state index in [2.05, 4.69) is 21.2 Å². The lowest BCUT2D eigenvalue weighted by atomic mass is 9.87. The van der Waals surface area contributed by atoms with Gasteiger partial charge in [0.25, 0.3) is 0 Å². The summed E-state index contributed by atoms with van der Waals surface area (Å²) in [5.74, 6) is -0.370. The largest absolute Gasteiger partial charge is 0.381 e. The average molecular weight is 343 g/mol. The van der Waals surface area contributed by atoms with E-state index in [4.69, 9.17) is 4.74 Å². The number of halogens is 2. The number of ether oxygens (including phenoxy) is 1. The van der Waals surface area contributed by atoms with E-state index >= 15 is 0 Å². The highest BCUT2D eigenvalue weighted by Crippen LogP contribution is 2.38. The lowest BCUT2D eigenvalue weighted by Crippen LogP contribution is -2.35. The number of carbonyl (C=O) groups is 1. The second-order valence-corrected chi connectivity index (χ2v) is 6.38. The third-order valence-electron chi connectivity index (χ3n) is 4.08. The number of anilines is 1. The highest BCUT2D eigenvalue weighted by Gasteiger charge is 2.42. The highest BCUT2D eigenvalue weighted by atomic mass is 79.9. The van der Waals surface area contributed by atoms with Crippen molar-refractivity contribution in [3.05, 3.63) is 28.5 Å². The monoisotopic (exact) mass is 342 g/mol. The van der Waals surface area contributed by atoms with Crippen LogP contribution >= 0.6 is 15.9 Å². The van der Waals surface area contributed by atoms with Crippen LogP contribution in [0.15, 0.2) is 22.7 Å². The van der Waals surface area contributed by atoms with E-state index < -0.39 is 0 Å². The van der Waals surface area contributed by atoms with E-state index in [0.29, 0.717) is 16.7 Å². The molecule has 2 fully saturated rings. The summed E-state index contributed by atoms with van der Waals surface area (Å²) in [6.45, 7) is 2.96.